The lowest BCUT2D eigenvalue weighted by Gasteiger charge is -2.14. The average molecular weight is 451 g/mol. The van der Waals surface area contributed by atoms with Crippen LogP contribution in [0, 0.1) is 20.8 Å². The van der Waals surface area contributed by atoms with E-state index in [0.29, 0.717) is 5.52 Å². The number of nitrogens with one attached hydrogen (secondary N) is 1. The Bertz CT molecular complexity index is 1680. The number of hydrogen-bond acceptors (Lipinski definition) is 3. The van der Waals surface area contributed by atoms with E-state index in [2.05, 4.69) is 16.0 Å². The lowest BCUT2D eigenvalue weighted by molar-refractivity contribution is 0.860. The van der Waals surface area contributed by atoms with Crippen LogP contribution >= 0.6 is 0 Å². The van der Waals surface area contributed by atoms with E-state index < -0.39 is 0 Å². The van der Waals surface area contributed by atoms with Crippen LogP contribution in [0.25, 0.3) is 44.4 Å². The summed E-state index contributed by atoms with van der Waals surface area (Å²) in [5, 5.41) is 0.785. The van der Waals surface area contributed by atoms with Gasteiger partial charge in [0.2, 0.25) is 0 Å². The number of hydrogen-bond donors (Lipinski definition) is 1. The highest BCUT2D eigenvalue weighted by Crippen LogP contribution is 2.36. The van der Waals surface area contributed by atoms with E-state index in [4.69, 9.17) is 0 Å². The topological polar surface area (TPSA) is 72.7 Å². The first-order valence-corrected chi connectivity index (χ1v) is 11.2. The van der Waals surface area contributed by atoms with E-state index in [1.54, 1.807) is 29.3 Å². The molecule has 0 unspecified atom stereocenters. The Balaban J connectivity index is 1.84. The highest BCUT2D eigenvalue weighted by molar-refractivity contribution is 6.00. The molecule has 34 heavy (non-hydrogen) atoms. The van der Waals surface area contributed by atoms with Gasteiger partial charge in [0.25, 0.3) is 11.1 Å². The quantitative estimate of drug-likeness (QED) is 0.426. The van der Waals surface area contributed by atoms with Gasteiger partial charge in [-0.15, -0.1) is 0 Å². The monoisotopic (exact) mass is 450 g/mol. The number of pyridine rings is 3. The maximum atomic E-state index is 13.1. The molecule has 1 N–H and O–H groups in total. The molecule has 0 aliphatic rings. The Morgan fingerprint density at radius 3 is 2.18 bits per heavy atom. The molecule has 5 rings (SSSR count). The summed E-state index contributed by atoms with van der Waals surface area (Å²) < 4.78 is 3.16. The van der Waals surface area contributed by atoms with Gasteiger partial charge >= 0.3 is 0 Å². The third kappa shape index (κ3) is 3.67. The molecule has 170 valence electrons. The molecule has 0 fully saturated rings. The molecule has 0 aliphatic carbocycles. The number of fused-ring (bicyclic) bond motifs is 1. The van der Waals surface area contributed by atoms with Crippen molar-refractivity contribution in [2.45, 2.75) is 20.8 Å². The number of rotatable bonds is 3. The number of aromatic amines is 1. The predicted octanol–water partition coefficient (Wildman–Crippen LogP) is 4.89. The molecule has 0 aliphatic heterocycles. The van der Waals surface area contributed by atoms with Gasteiger partial charge in [0.1, 0.15) is 5.52 Å². The van der Waals surface area contributed by atoms with Crippen molar-refractivity contribution >= 4 is 10.9 Å². The Hall–Kier alpha value is -4.19. The first-order chi connectivity index (χ1) is 16.2. The number of aryl methyl sites for hydroxylation is 5. The minimum atomic E-state index is -0.117. The normalized spacial score (nSPS) is 11.3. The van der Waals surface area contributed by atoms with Gasteiger partial charge in [0.15, 0.2) is 0 Å². The zero-order chi connectivity index (χ0) is 24.1. The SMILES string of the molecule is Cc1cccc(-c2cn(C)c(=O)cc2-c2cn(C)c(=O)c3[nH]c(-c4cc(C)nc(C)c4)cc23)c1. The van der Waals surface area contributed by atoms with Crippen LogP contribution in [0.2, 0.25) is 0 Å². The molecule has 0 saturated heterocycles. The summed E-state index contributed by atoms with van der Waals surface area (Å²) in [6.45, 7) is 5.96. The van der Waals surface area contributed by atoms with Crippen molar-refractivity contribution in [1.29, 1.82) is 0 Å². The van der Waals surface area contributed by atoms with Crippen molar-refractivity contribution in [1.82, 2.24) is 19.1 Å². The van der Waals surface area contributed by atoms with E-state index in [1.807, 2.05) is 69.6 Å². The zero-order valence-electron chi connectivity index (χ0n) is 19.9. The highest BCUT2D eigenvalue weighted by Gasteiger charge is 2.18. The highest BCUT2D eigenvalue weighted by atomic mass is 16.1. The Morgan fingerprint density at radius 2 is 1.47 bits per heavy atom. The summed E-state index contributed by atoms with van der Waals surface area (Å²) in [6.07, 6.45) is 3.69. The van der Waals surface area contributed by atoms with Crippen LogP contribution in [0.15, 0.2) is 70.5 Å². The van der Waals surface area contributed by atoms with Crippen molar-refractivity contribution in [3.05, 3.63) is 98.6 Å². The molecule has 0 amide bonds. The average Bonchev–Trinajstić information content (AvgIpc) is 3.23. The summed E-state index contributed by atoms with van der Waals surface area (Å²) in [5.41, 5.74) is 8.63. The first kappa shape index (κ1) is 21.6. The minimum absolute atomic E-state index is 0.107. The van der Waals surface area contributed by atoms with Crippen LogP contribution in [0.1, 0.15) is 17.0 Å². The van der Waals surface area contributed by atoms with Crippen LogP contribution in [-0.4, -0.2) is 19.1 Å². The molecule has 0 bridgehead atoms. The first-order valence-electron chi connectivity index (χ1n) is 11.2. The molecule has 6 heteroatoms. The summed E-state index contributed by atoms with van der Waals surface area (Å²) >= 11 is 0. The van der Waals surface area contributed by atoms with Gasteiger partial charge in [-0.05, 0) is 50.1 Å². The van der Waals surface area contributed by atoms with Gasteiger partial charge in [-0.25, -0.2) is 0 Å². The van der Waals surface area contributed by atoms with Crippen LogP contribution in [0.3, 0.4) is 0 Å². The fraction of sp³-hybridized carbons (Fsp3) is 0.179. The van der Waals surface area contributed by atoms with Crippen molar-refractivity contribution < 1.29 is 0 Å². The molecular formula is C28H26N4O2. The molecule has 0 saturated carbocycles. The fourth-order valence-electron chi connectivity index (χ4n) is 4.59. The molecular weight excluding hydrogens is 424 g/mol. The summed E-state index contributed by atoms with van der Waals surface area (Å²) in [5.74, 6) is 0. The lowest BCUT2D eigenvalue weighted by atomic mass is 9.94. The Kier molecular flexibility index (Phi) is 5.09. The Morgan fingerprint density at radius 1 is 0.765 bits per heavy atom. The second kappa shape index (κ2) is 7.99. The lowest BCUT2D eigenvalue weighted by Crippen LogP contribution is -2.18. The smallest absolute Gasteiger partial charge is 0.274 e. The van der Waals surface area contributed by atoms with Crippen molar-refractivity contribution in [2.24, 2.45) is 14.1 Å². The summed E-state index contributed by atoms with van der Waals surface area (Å²) in [6, 6.07) is 15.9. The van der Waals surface area contributed by atoms with Gasteiger partial charge in [0, 0.05) is 71.7 Å². The second-order valence-electron chi connectivity index (χ2n) is 8.99. The maximum Gasteiger partial charge on any atom is 0.274 e. The van der Waals surface area contributed by atoms with Crippen LogP contribution in [-0.2, 0) is 14.1 Å². The largest absolute Gasteiger partial charge is 0.350 e. The van der Waals surface area contributed by atoms with Gasteiger partial charge in [-0.2, -0.15) is 0 Å². The van der Waals surface area contributed by atoms with Crippen LogP contribution in [0.4, 0.5) is 0 Å². The second-order valence-corrected chi connectivity index (χ2v) is 8.99. The van der Waals surface area contributed by atoms with E-state index in [0.717, 1.165) is 55.8 Å². The molecule has 4 aromatic heterocycles. The van der Waals surface area contributed by atoms with E-state index >= 15 is 0 Å². The van der Waals surface area contributed by atoms with Gasteiger partial charge in [-0.1, -0.05) is 29.8 Å². The van der Waals surface area contributed by atoms with Gasteiger partial charge < -0.3 is 14.1 Å². The number of H-pyrrole nitrogens is 1. The summed E-state index contributed by atoms with van der Waals surface area (Å²) in [4.78, 5) is 33.6. The fourth-order valence-corrected chi connectivity index (χ4v) is 4.59. The number of benzene rings is 1. The molecule has 6 nitrogen and oxygen atoms in total. The number of nitrogens with zero attached hydrogens (tertiary/aromatic N) is 3. The van der Waals surface area contributed by atoms with Gasteiger partial charge in [0.05, 0.1) is 0 Å². The van der Waals surface area contributed by atoms with Crippen LogP contribution in [0.5, 0.6) is 0 Å². The van der Waals surface area contributed by atoms with E-state index in [9.17, 15) is 9.59 Å². The van der Waals surface area contributed by atoms with E-state index in [-0.39, 0.29) is 11.1 Å². The third-order valence-electron chi connectivity index (χ3n) is 6.20. The molecule has 0 radical (unpaired) electrons. The van der Waals surface area contributed by atoms with Crippen molar-refractivity contribution in [3.8, 4) is 33.5 Å². The standard InChI is InChI=1S/C28H26N4O2/c1-16-7-6-8-19(9-16)23-14-31(4)26(33)13-21(23)24-15-32(5)28(34)27-22(24)12-25(30-27)20-10-17(2)29-18(3)11-20/h6-15,30H,1-5H3. The predicted molar refractivity (Wildman–Crippen MR) is 137 cm³/mol. The molecule has 5 aromatic rings. The molecule has 1 aromatic carbocycles. The third-order valence-corrected chi connectivity index (χ3v) is 6.20. The zero-order valence-corrected chi connectivity index (χ0v) is 19.9. The summed E-state index contributed by atoms with van der Waals surface area (Å²) in [7, 11) is 3.49. The van der Waals surface area contributed by atoms with E-state index in [1.165, 1.54) is 0 Å². The maximum absolute atomic E-state index is 13.1. The molecule has 0 atom stereocenters. The Labute approximate surface area is 197 Å². The van der Waals surface area contributed by atoms with Crippen molar-refractivity contribution in [3.63, 3.8) is 0 Å². The van der Waals surface area contributed by atoms with Crippen LogP contribution < -0.4 is 11.1 Å². The van der Waals surface area contributed by atoms with Gasteiger partial charge in [-0.3, -0.25) is 14.6 Å². The molecule has 4 heterocycles. The number of aromatic nitrogens is 4. The minimum Gasteiger partial charge on any atom is -0.350 e. The molecule has 0 spiro atoms. The van der Waals surface area contributed by atoms with Crippen molar-refractivity contribution in [2.75, 3.05) is 0 Å².